The standard InChI is InChI=1S/C29H43N11O15P2S/c30-14(3-1-2-5-33-26(42)15-10-58-13-37-15)28(43)54-23-18(53-27(22(23)41)40-12-36-21-24(32)34-11-35-25(21)40)9-51-57(48,49)55-16-7-20(39-6-4-19(31)38-29(39)44)52-17(16)8-50-56(45,46)47/h4,6,11-12,14-18,20,22-23,27,37,41H,1-3,5,7-10,13,30H2,(H,33,42)(H,48,49)(H2,31,38,44)(H2,32,34,35)(H2,45,46,47)/t14-,15-,16-,17+,18+,20+,22+,23+,27+/m0/s1. The Balaban J connectivity index is 1.12. The van der Waals surface area contributed by atoms with Crippen molar-refractivity contribution in [2.45, 2.75) is 80.7 Å². The Kier molecular flexibility index (Phi) is 14.2. The highest BCUT2D eigenvalue weighted by atomic mass is 32.2. The molecular weight excluding hydrogens is 836 g/mol. The zero-order valence-electron chi connectivity index (χ0n) is 30.4. The van der Waals surface area contributed by atoms with Gasteiger partial charge in [0.1, 0.15) is 54.3 Å². The van der Waals surface area contributed by atoms with E-state index in [0.717, 1.165) is 10.9 Å². The third-order valence-electron chi connectivity index (χ3n) is 9.22. The fourth-order valence-corrected chi connectivity index (χ4v) is 8.57. The van der Waals surface area contributed by atoms with Crippen LogP contribution < -0.4 is 33.5 Å². The van der Waals surface area contributed by atoms with Crippen LogP contribution >= 0.6 is 27.4 Å². The summed E-state index contributed by atoms with van der Waals surface area (Å²) in [7, 11) is -10.2. The van der Waals surface area contributed by atoms with E-state index in [4.69, 9.17) is 40.5 Å². The Bertz CT molecular complexity index is 2090. The fraction of sp³-hybridized carbons (Fsp3) is 0.621. The van der Waals surface area contributed by atoms with Gasteiger partial charge < -0.3 is 56.5 Å². The van der Waals surface area contributed by atoms with Crippen molar-refractivity contribution in [1.82, 2.24) is 39.7 Å². The number of unbranched alkanes of at least 4 members (excludes halogenated alkanes) is 1. The highest BCUT2D eigenvalue weighted by molar-refractivity contribution is 7.99. The monoisotopic (exact) mass is 879 g/mol. The molecule has 29 heteroatoms. The minimum atomic E-state index is -5.17. The number of carbonyl (C=O) groups excluding carboxylic acids is 2. The number of phosphoric ester groups is 2. The van der Waals surface area contributed by atoms with Crippen molar-refractivity contribution in [3.63, 3.8) is 0 Å². The van der Waals surface area contributed by atoms with E-state index in [1.165, 1.54) is 23.2 Å². The molecule has 3 aromatic rings. The molecule has 0 spiro atoms. The van der Waals surface area contributed by atoms with Crippen molar-refractivity contribution in [3.8, 4) is 0 Å². The van der Waals surface area contributed by atoms with Crippen LogP contribution in [0.1, 0.15) is 38.1 Å². The van der Waals surface area contributed by atoms with Crippen molar-refractivity contribution in [1.29, 1.82) is 0 Å². The number of ether oxygens (including phenoxy) is 3. The Hall–Kier alpha value is -3.66. The summed E-state index contributed by atoms with van der Waals surface area (Å²) in [6.07, 6.45) is -5.68. The molecule has 1 unspecified atom stereocenters. The highest BCUT2D eigenvalue weighted by Crippen LogP contribution is 2.50. The van der Waals surface area contributed by atoms with Crippen LogP contribution in [0, 0.1) is 0 Å². The lowest BCUT2D eigenvalue weighted by Crippen LogP contribution is -2.43. The number of aliphatic hydroxyl groups is 1. The summed E-state index contributed by atoms with van der Waals surface area (Å²) in [4.78, 5) is 83.1. The minimum absolute atomic E-state index is 0.0253. The van der Waals surface area contributed by atoms with Gasteiger partial charge in [-0.1, -0.05) is 0 Å². The first-order chi connectivity index (χ1) is 27.5. The van der Waals surface area contributed by atoms with Gasteiger partial charge in [0.2, 0.25) is 5.91 Å². The molecule has 58 heavy (non-hydrogen) atoms. The molecule has 0 aliphatic carbocycles. The van der Waals surface area contributed by atoms with Crippen LogP contribution in [0.2, 0.25) is 0 Å². The number of imidazole rings is 1. The SMILES string of the molecule is Nc1ccn([C@H]2C[C@H](OP(=O)(O)OC[C@H]3O[C@@H](n4cnc5c(N)ncnc54)[C@H](O)[C@@H]3OC(=O)[C@@H](N)CCCCNC(=O)[C@@H]3CSCN3)[C@@H](COP(=O)(O)O)O2)c(=O)n1. The number of nitrogens with two attached hydrogens (primary N) is 3. The van der Waals surface area contributed by atoms with Gasteiger partial charge in [0.05, 0.1) is 25.6 Å². The van der Waals surface area contributed by atoms with E-state index in [-0.39, 0.29) is 47.6 Å². The van der Waals surface area contributed by atoms with Crippen molar-refractivity contribution >= 4 is 62.1 Å². The Labute approximate surface area is 332 Å². The van der Waals surface area contributed by atoms with Gasteiger partial charge in [-0.05, 0) is 25.3 Å². The van der Waals surface area contributed by atoms with Crippen LogP contribution in [0.25, 0.3) is 11.2 Å². The zero-order chi connectivity index (χ0) is 41.8. The quantitative estimate of drug-likeness (QED) is 0.0365. The summed E-state index contributed by atoms with van der Waals surface area (Å²) in [6, 6.07) is -0.150. The van der Waals surface area contributed by atoms with E-state index in [9.17, 15) is 43.3 Å². The van der Waals surface area contributed by atoms with Gasteiger partial charge >= 0.3 is 27.3 Å². The number of nitrogens with one attached hydrogen (secondary N) is 2. The lowest BCUT2D eigenvalue weighted by molar-refractivity contribution is -0.158. The zero-order valence-corrected chi connectivity index (χ0v) is 33.0. The molecule has 3 saturated heterocycles. The number of nitrogens with zero attached hydrogens (tertiary/aromatic N) is 6. The molecule has 320 valence electrons. The molecule has 10 atom stereocenters. The second-order valence-electron chi connectivity index (χ2n) is 13.3. The second kappa shape index (κ2) is 18.7. The van der Waals surface area contributed by atoms with Crippen LogP contribution in [0.15, 0.2) is 29.7 Å². The molecule has 3 aliphatic heterocycles. The number of hydrogen-bond acceptors (Lipinski definition) is 21. The summed E-state index contributed by atoms with van der Waals surface area (Å²) < 4.78 is 59.6. The van der Waals surface area contributed by atoms with E-state index < -0.39 is 89.5 Å². The molecule has 0 aromatic carbocycles. The Morgan fingerprint density at radius 1 is 1.09 bits per heavy atom. The van der Waals surface area contributed by atoms with Crippen molar-refractivity contribution in [3.05, 3.63) is 35.4 Å². The largest absolute Gasteiger partial charge is 0.472 e. The number of amides is 1. The van der Waals surface area contributed by atoms with Gasteiger partial charge in [0.15, 0.2) is 23.8 Å². The first-order valence-corrected chi connectivity index (χ1v) is 21.8. The molecule has 6 heterocycles. The molecule has 6 rings (SSSR count). The molecule has 1 amide bonds. The maximum Gasteiger partial charge on any atom is 0.472 e. The molecule has 0 radical (unpaired) electrons. The molecule has 26 nitrogen and oxygen atoms in total. The van der Waals surface area contributed by atoms with Crippen molar-refractivity contribution in [2.24, 2.45) is 5.73 Å². The number of esters is 1. The number of fused-ring (bicyclic) bond motifs is 1. The van der Waals surface area contributed by atoms with Gasteiger partial charge in [0.25, 0.3) is 0 Å². The number of aliphatic hydroxyl groups excluding tert-OH is 1. The number of rotatable bonds is 18. The summed E-state index contributed by atoms with van der Waals surface area (Å²) in [5, 5.41) is 17.4. The number of nitrogen functional groups attached to an aromatic ring is 2. The van der Waals surface area contributed by atoms with Gasteiger partial charge in [-0.2, -0.15) is 4.98 Å². The average molecular weight is 880 g/mol. The number of carbonyl (C=O) groups is 2. The smallest absolute Gasteiger partial charge is 0.455 e. The average Bonchev–Trinajstić information content (AvgIpc) is 3.97. The molecule has 3 aromatic heterocycles. The fourth-order valence-electron chi connectivity index (χ4n) is 6.33. The molecule has 0 saturated carbocycles. The predicted molar refractivity (Wildman–Crippen MR) is 199 cm³/mol. The number of phosphoric acid groups is 2. The first-order valence-electron chi connectivity index (χ1n) is 17.7. The number of thioether (sulfide) groups is 1. The Morgan fingerprint density at radius 3 is 2.59 bits per heavy atom. The number of hydrogen-bond donors (Lipinski definition) is 9. The minimum Gasteiger partial charge on any atom is -0.455 e. The number of anilines is 2. The Morgan fingerprint density at radius 2 is 1.86 bits per heavy atom. The maximum atomic E-state index is 13.4. The summed E-state index contributed by atoms with van der Waals surface area (Å²) in [5.41, 5.74) is 17.1. The molecule has 0 bridgehead atoms. The topological polar surface area (TPSA) is 385 Å². The second-order valence-corrected chi connectivity index (χ2v) is 17.0. The normalized spacial score (nSPS) is 27.7. The number of aromatic nitrogens is 6. The highest BCUT2D eigenvalue weighted by Gasteiger charge is 2.50. The van der Waals surface area contributed by atoms with E-state index in [1.807, 2.05) is 0 Å². The lowest BCUT2D eigenvalue weighted by atomic mass is 10.1. The molecule has 3 fully saturated rings. The third kappa shape index (κ3) is 10.9. The van der Waals surface area contributed by atoms with Crippen LogP contribution in [0.5, 0.6) is 0 Å². The van der Waals surface area contributed by atoms with Crippen LogP contribution in [0.4, 0.5) is 11.6 Å². The van der Waals surface area contributed by atoms with Gasteiger partial charge in [0, 0.05) is 30.8 Å². The third-order valence-corrected chi connectivity index (χ3v) is 11.7. The maximum absolute atomic E-state index is 13.4. The van der Waals surface area contributed by atoms with Gasteiger partial charge in [-0.15, -0.1) is 11.8 Å². The van der Waals surface area contributed by atoms with Gasteiger partial charge in [-0.25, -0.2) is 28.9 Å². The van der Waals surface area contributed by atoms with Crippen LogP contribution in [-0.4, -0.2) is 135 Å². The van der Waals surface area contributed by atoms with Crippen LogP contribution in [-0.2, 0) is 46.5 Å². The predicted octanol–water partition coefficient (Wildman–Crippen LogP) is -2.41. The van der Waals surface area contributed by atoms with Crippen molar-refractivity contribution in [2.75, 3.05) is 42.9 Å². The molecule has 3 aliphatic rings. The van der Waals surface area contributed by atoms with Crippen molar-refractivity contribution < 1.29 is 66.3 Å². The van der Waals surface area contributed by atoms with Crippen LogP contribution in [0.3, 0.4) is 0 Å². The summed E-state index contributed by atoms with van der Waals surface area (Å²) in [5.74, 6) is 0.248. The summed E-state index contributed by atoms with van der Waals surface area (Å²) >= 11 is 1.62. The van der Waals surface area contributed by atoms with E-state index in [0.29, 0.717) is 31.0 Å². The van der Waals surface area contributed by atoms with Gasteiger partial charge in [-0.3, -0.25) is 37.6 Å². The lowest BCUT2D eigenvalue weighted by Gasteiger charge is -2.24. The van der Waals surface area contributed by atoms with E-state index >= 15 is 0 Å². The van der Waals surface area contributed by atoms with E-state index in [1.54, 1.807) is 11.8 Å². The van der Waals surface area contributed by atoms with E-state index in [2.05, 4.69) is 35.1 Å². The first kappa shape index (κ1) is 43.9. The molecule has 12 N–H and O–H groups in total. The summed E-state index contributed by atoms with van der Waals surface area (Å²) in [6.45, 7) is -1.31. The molecular formula is C29H43N11O15P2S.